The highest BCUT2D eigenvalue weighted by atomic mass is 32.4. The summed E-state index contributed by atoms with van der Waals surface area (Å²) in [6, 6.07) is 0. The van der Waals surface area contributed by atoms with Gasteiger partial charge in [0.05, 0.1) is 0 Å². The zero-order chi connectivity index (χ0) is 7.78. The monoisotopic (exact) mass is 173 g/mol. The van der Waals surface area contributed by atoms with E-state index >= 15 is 0 Å². The third-order valence-electron chi connectivity index (χ3n) is 1.38. The molecule has 0 spiro atoms. The van der Waals surface area contributed by atoms with Crippen molar-refractivity contribution in [2.24, 2.45) is 5.73 Å². The molecule has 2 N–H and O–H groups in total. The maximum atomic E-state index is 5.38. The van der Waals surface area contributed by atoms with Gasteiger partial charge in [0.2, 0.25) is 0 Å². The van der Waals surface area contributed by atoms with E-state index in [0.29, 0.717) is 0 Å². The molecule has 1 nitrogen and oxygen atoms in total. The molecule has 0 aromatic rings. The molecule has 3 heteroatoms. The average Bonchev–Trinajstić information content (AvgIpc) is 2.42. The zero-order valence-electron chi connectivity index (χ0n) is 6.85. The van der Waals surface area contributed by atoms with E-state index in [1.165, 1.54) is 12.0 Å². The Morgan fingerprint density at radius 3 is 2.50 bits per heavy atom. The minimum Gasteiger partial charge on any atom is -0.405 e. The second-order valence-electron chi connectivity index (χ2n) is 3.66. The summed E-state index contributed by atoms with van der Waals surface area (Å²) in [4.78, 5) is 0. The SMILES string of the molecule is C[Si](C)(C)SC1CC1=CN. The van der Waals surface area contributed by atoms with Gasteiger partial charge >= 0.3 is 0 Å². The zero-order valence-corrected chi connectivity index (χ0v) is 8.66. The molecule has 0 saturated heterocycles. The standard InChI is InChI=1S/C7H15NSSi/c1-10(2,3)9-7-4-6(7)5-8/h5,7H,4,8H2,1-3H3. The van der Waals surface area contributed by atoms with Crippen molar-refractivity contribution < 1.29 is 0 Å². The van der Waals surface area contributed by atoms with E-state index in [9.17, 15) is 0 Å². The lowest BCUT2D eigenvalue weighted by Gasteiger charge is -2.13. The first-order valence-electron chi connectivity index (χ1n) is 3.61. The maximum absolute atomic E-state index is 5.38. The Hall–Kier alpha value is 0.107. The largest absolute Gasteiger partial charge is 0.405 e. The molecule has 10 heavy (non-hydrogen) atoms. The van der Waals surface area contributed by atoms with Gasteiger partial charge in [-0.15, -0.1) is 0 Å². The highest BCUT2D eigenvalue weighted by molar-refractivity contribution is 8.29. The van der Waals surface area contributed by atoms with E-state index in [1.54, 1.807) is 6.20 Å². The fraction of sp³-hybridized carbons (Fsp3) is 0.714. The van der Waals surface area contributed by atoms with E-state index in [1.807, 2.05) is 0 Å². The molecule has 1 rings (SSSR count). The highest BCUT2D eigenvalue weighted by Crippen LogP contribution is 2.44. The summed E-state index contributed by atoms with van der Waals surface area (Å²) < 4.78 is 0. The van der Waals surface area contributed by atoms with Crippen LogP contribution in [0.2, 0.25) is 19.6 Å². The van der Waals surface area contributed by atoms with Gasteiger partial charge < -0.3 is 5.73 Å². The molecule has 58 valence electrons. The molecule has 1 unspecified atom stereocenters. The van der Waals surface area contributed by atoms with Crippen LogP contribution >= 0.6 is 11.2 Å². The number of hydrogen-bond acceptors (Lipinski definition) is 2. The fourth-order valence-corrected chi connectivity index (χ4v) is 5.50. The Morgan fingerprint density at radius 2 is 2.20 bits per heavy atom. The second-order valence-corrected chi connectivity index (χ2v) is 13.1. The van der Waals surface area contributed by atoms with Gasteiger partial charge in [0.25, 0.3) is 0 Å². The van der Waals surface area contributed by atoms with E-state index in [2.05, 4.69) is 30.9 Å². The molecule has 0 aromatic heterocycles. The number of hydrogen-bond donors (Lipinski definition) is 1. The van der Waals surface area contributed by atoms with Crippen LogP contribution in [-0.2, 0) is 0 Å². The summed E-state index contributed by atoms with van der Waals surface area (Å²) in [5.74, 6) is 0. The molecule has 0 bridgehead atoms. The fourth-order valence-electron chi connectivity index (χ4n) is 0.875. The number of rotatable bonds is 2. The molecule has 1 aliphatic rings. The normalized spacial score (nSPS) is 29.1. The van der Waals surface area contributed by atoms with Crippen molar-refractivity contribution in [1.82, 2.24) is 0 Å². The van der Waals surface area contributed by atoms with Gasteiger partial charge in [-0.25, -0.2) is 0 Å². The van der Waals surface area contributed by atoms with Gasteiger partial charge in [-0.3, -0.25) is 0 Å². The van der Waals surface area contributed by atoms with Gasteiger partial charge in [0.1, 0.15) is 7.22 Å². The third-order valence-corrected chi connectivity index (χ3v) is 5.82. The second kappa shape index (κ2) is 2.62. The minimum atomic E-state index is -0.896. The first-order chi connectivity index (χ1) is 4.53. The first kappa shape index (κ1) is 8.21. The minimum absolute atomic E-state index is 0.789. The Bertz CT molecular complexity index is 159. The summed E-state index contributed by atoms with van der Waals surface area (Å²) in [5.41, 5.74) is 6.83. The van der Waals surface area contributed by atoms with Crippen molar-refractivity contribution in [3.63, 3.8) is 0 Å². The van der Waals surface area contributed by atoms with Crippen LogP contribution in [0.25, 0.3) is 0 Å². The molecule has 0 aromatic carbocycles. The summed E-state index contributed by atoms with van der Waals surface area (Å²) >= 11 is 2.15. The van der Waals surface area contributed by atoms with Gasteiger partial charge in [-0.05, 0) is 18.2 Å². The molecule has 1 atom stereocenters. The molecule has 0 heterocycles. The van der Waals surface area contributed by atoms with Gasteiger partial charge in [0, 0.05) is 5.25 Å². The quantitative estimate of drug-likeness (QED) is 0.648. The van der Waals surface area contributed by atoms with Crippen molar-refractivity contribution in [3.05, 3.63) is 11.8 Å². The molecule has 1 saturated carbocycles. The van der Waals surface area contributed by atoms with E-state index in [-0.39, 0.29) is 0 Å². The predicted molar refractivity (Wildman–Crippen MR) is 51.6 cm³/mol. The lowest BCUT2D eigenvalue weighted by Crippen LogP contribution is -2.14. The van der Waals surface area contributed by atoms with Crippen LogP contribution in [0.5, 0.6) is 0 Å². The van der Waals surface area contributed by atoms with Crippen LogP contribution in [0.15, 0.2) is 11.8 Å². The summed E-state index contributed by atoms with van der Waals surface area (Å²) in [7, 11) is -0.896. The van der Waals surface area contributed by atoms with Crippen molar-refractivity contribution in [2.45, 2.75) is 31.3 Å². The van der Waals surface area contributed by atoms with Gasteiger partial charge in [0.15, 0.2) is 0 Å². The van der Waals surface area contributed by atoms with Crippen molar-refractivity contribution >= 4 is 18.4 Å². The third kappa shape index (κ3) is 2.38. The van der Waals surface area contributed by atoms with Crippen LogP contribution in [0.3, 0.4) is 0 Å². The summed E-state index contributed by atoms with van der Waals surface area (Å²) in [6.45, 7) is 7.14. The summed E-state index contributed by atoms with van der Waals surface area (Å²) in [6.07, 6.45) is 3.02. The lowest BCUT2D eigenvalue weighted by atomic mass is 10.7. The van der Waals surface area contributed by atoms with E-state index in [4.69, 9.17) is 5.73 Å². The molecule has 1 fully saturated rings. The number of nitrogens with two attached hydrogens (primary N) is 1. The van der Waals surface area contributed by atoms with Crippen LogP contribution in [0.4, 0.5) is 0 Å². The van der Waals surface area contributed by atoms with Gasteiger partial charge in [-0.1, -0.05) is 19.6 Å². The van der Waals surface area contributed by atoms with Crippen molar-refractivity contribution in [3.8, 4) is 0 Å². The molecule has 0 radical (unpaired) electrons. The predicted octanol–water partition coefficient (Wildman–Crippen LogP) is 2.17. The Kier molecular flexibility index (Phi) is 2.15. The topological polar surface area (TPSA) is 26.0 Å². The van der Waals surface area contributed by atoms with Crippen molar-refractivity contribution in [1.29, 1.82) is 0 Å². The van der Waals surface area contributed by atoms with Crippen LogP contribution < -0.4 is 5.73 Å². The average molecular weight is 173 g/mol. The molecular weight excluding hydrogens is 158 g/mol. The van der Waals surface area contributed by atoms with E-state index in [0.717, 1.165) is 5.25 Å². The maximum Gasteiger partial charge on any atom is 0.109 e. The Labute approximate surface area is 67.7 Å². The van der Waals surface area contributed by atoms with Crippen molar-refractivity contribution in [2.75, 3.05) is 0 Å². The van der Waals surface area contributed by atoms with Crippen LogP contribution in [-0.4, -0.2) is 12.5 Å². The lowest BCUT2D eigenvalue weighted by molar-refractivity contribution is 1.52. The first-order valence-corrected chi connectivity index (χ1v) is 8.72. The Morgan fingerprint density at radius 1 is 1.60 bits per heavy atom. The molecule has 0 aliphatic heterocycles. The van der Waals surface area contributed by atoms with Crippen LogP contribution in [0, 0.1) is 0 Å². The Balaban J connectivity index is 2.31. The van der Waals surface area contributed by atoms with Gasteiger partial charge in [-0.2, -0.15) is 11.2 Å². The molecule has 1 aliphatic carbocycles. The highest BCUT2D eigenvalue weighted by Gasteiger charge is 2.34. The summed E-state index contributed by atoms with van der Waals surface area (Å²) in [5, 5.41) is 0.789. The molecular formula is C7H15NSSi. The molecule has 0 amide bonds. The van der Waals surface area contributed by atoms with E-state index < -0.39 is 7.22 Å². The van der Waals surface area contributed by atoms with Crippen LogP contribution in [0.1, 0.15) is 6.42 Å². The smallest absolute Gasteiger partial charge is 0.109 e.